The number of carbonyl (C=O) groups is 1. The van der Waals surface area contributed by atoms with Gasteiger partial charge in [-0.2, -0.15) is 0 Å². The van der Waals surface area contributed by atoms with E-state index in [0.717, 1.165) is 29.6 Å². The number of ether oxygens (including phenoxy) is 2. The van der Waals surface area contributed by atoms with Gasteiger partial charge in [0, 0.05) is 17.7 Å². The third-order valence-electron chi connectivity index (χ3n) is 4.07. The molecule has 1 heterocycles. The molecule has 1 atom stereocenters. The zero-order valence-electron chi connectivity index (χ0n) is 18.2. The molecule has 0 bridgehead atoms. The Morgan fingerprint density at radius 1 is 1.21 bits per heavy atom. The van der Waals surface area contributed by atoms with Gasteiger partial charge in [-0.3, -0.25) is 0 Å². The van der Waals surface area contributed by atoms with Crippen molar-refractivity contribution in [2.75, 3.05) is 6.54 Å². The van der Waals surface area contributed by atoms with E-state index in [-0.39, 0.29) is 18.3 Å². The topological polar surface area (TPSA) is 66.0 Å². The summed E-state index contributed by atoms with van der Waals surface area (Å²) in [6.07, 6.45) is 1.19. The van der Waals surface area contributed by atoms with Gasteiger partial charge >= 0.3 is 13.2 Å². The van der Waals surface area contributed by atoms with Gasteiger partial charge in [0.15, 0.2) is 0 Å². The van der Waals surface area contributed by atoms with Gasteiger partial charge in [-0.25, -0.2) is 4.79 Å². The number of benzene rings is 1. The van der Waals surface area contributed by atoms with Gasteiger partial charge in [-0.05, 0) is 66.9 Å². The van der Waals surface area contributed by atoms with Crippen molar-refractivity contribution in [3.8, 4) is 5.75 Å². The van der Waals surface area contributed by atoms with Gasteiger partial charge in [-0.1, -0.05) is 18.2 Å². The van der Waals surface area contributed by atoms with Crippen molar-refractivity contribution in [2.45, 2.75) is 85.2 Å². The molecule has 0 spiro atoms. The van der Waals surface area contributed by atoms with E-state index in [1.165, 1.54) is 0 Å². The molecule has 1 aromatic carbocycles. The number of rotatable bonds is 7. The molecule has 1 amide bonds. The third-order valence-corrected chi connectivity index (χ3v) is 4.07. The van der Waals surface area contributed by atoms with E-state index in [1.807, 2.05) is 60.6 Å². The maximum Gasteiger partial charge on any atom is 0.498 e. The van der Waals surface area contributed by atoms with Crippen molar-refractivity contribution in [3.05, 3.63) is 23.8 Å². The summed E-state index contributed by atoms with van der Waals surface area (Å²) in [4.78, 5) is 11.9. The van der Waals surface area contributed by atoms with Gasteiger partial charge < -0.3 is 24.1 Å². The molecule has 0 unspecified atom stereocenters. The normalized spacial score (nSPS) is 16.5. The monoisotopic (exact) mass is 391 g/mol. The zero-order valence-corrected chi connectivity index (χ0v) is 18.2. The molecule has 0 aliphatic carbocycles. The number of fused-ring (bicyclic) bond motifs is 1. The van der Waals surface area contributed by atoms with Gasteiger partial charge in [0.05, 0.1) is 6.54 Å². The van der Waals surface area contributed by atoms with Crippen LogP contribution in [0.5, 0.6) is 5.75 Å². The lowest BCUT2D eigenvalue weighted by molar-refractivity contribution is 0.0494. The van der Waals surface area contributed by atoms with Crippen LogP contribution in [0.2, 0.25) is 0 Å². The van der Waals surface area contributed by atoms with Gasteiger partial charge in [0.1, 0.15) is 17.5 Å². The number of hydrogen-bond acceptors (Lipinski definition) is 5. The smallest absolute Gasteiger partial charge is 0.489 e. The lowest BCUT2D eigenvalue weighted by Crippen LogP contribution is -2.45. The van der Waals surface area contributed by atoms with Gasteiger partial charge in [0.25, 0.3) is 0 Å². The summed E-state index contributed by atoms with van der Waals surface area (Å²) < 4.78 is 23.6. The Bertz CT molecular complexity index is 647. The second kappa shape index (κ2) is 9.66. The maximum absolute atomic E-state index is 11.9. The first-order valence-electron chi connectivity index (χ1n) is 10.1. The predicted molar refractivity (Wildman–Crippen MR) is 111 cm³/mol. The first-order chi connectivity index (χ1) is 13.0. The summed E-state index contributed by atoms with van der Waals surface area (Å²) in [6, 6.07) is 6.06. The van der Waals surface area contributed by atoms with Crippen LogP contribution >= 0.6 is 0 Å². The average Bonchev–Trinajstić information content (AvgIpc) is 2.56. The molecule has 1 aromatic rings. The SMILES string of the molecule is CC(C)OB(OC(C)C)c1cccc2c1O[C@@H](CNC(=O)OC(C)(C)C)CC2. The minimum atomic E-state index is -0.521. The van der Waals surface area contributed by atoms with E-state index in [9.17, 15) is 4.79 Å². The molecule has 0 aromatic heterocycles. The molecule has 7 heteroatoms. The summed E-state index contributed by atoms with van der Waals surface area (Å²) in [6.45, 7) is 13.9. The van der Waals surface area contributed by atoms with Crippen LogP contribution in [0.25, 0.3) is 0 Å². The number of hydrogen-bond donors (Lipinski definition) is 1. The van der Waals surface area contributed by atoms with E-state index < -0.39 is 18.8 Å². The van der Waals surface area contributed by atoms with E-state index >= 15 is 0 Å². The van der Waals surface area contributed by atoms with Crippen LogP contribution in [0.4, 0.5) is 4.79 Å². The summed E-state index contributed by atoms with van der Waals surface area (Å²) in [5.41, 5.74) is 1.50. The van der Waals surface area contributed by atoms with Crippen LogP contribution in [0.3, 0.4) is 0 Å². The first-order valence-corrected chi connectivity index (χ1v) is 10.1. The lowest BCUT2D eigenvalue weighted by atomic mass is 9.75. The standard InChI is InChI=1S/C21H34BNO5/c1-14(2)27-22(28-15(3)4)18-10-8-9-16-11-12-17(25-19(16)18)13-23-20(24)26-21(5,6)7/h8-10,14-15,17H,11-13H2,1-7H3,(H,23,24)/t17-/m1/s1. The van der Waals surface area contributed by atoms with Crippen molar-refractivity contribution in [1.29, 1.82) is 0 Å². The summed E-state index contributed by atoms with van der Waals surface area (Å²) in [5, 5.41) is 2.80. The van der Waals surface area contributed by atoms with Gasteiger partial charge in [-0.15, -0.1) is 0 Å². The Kier molecular flexibility index (Phi) is 7.78. The molecule has 1 aliphatic rings. The predicted octanol–water partition coefficient (Wildman–Crippen LogP) is 3.45. The summed E-state index contributed by atoms with van der Waals surface area (Å²) >= 11 is 0. The van der Waals surface area contributed by atoms with E-state index in [4.69, 9.17) is 18.8 Å². The summed E-state index contributed by atoms with van der Waals surface area (Å²) in [5.74, 6) is 0.802. The fraction of sp³-hybridized carbons (Fsp3) is 0.667. The summed E-state index contributed by atoms with van der Waals surface area (Å²) in [7, 11) is -0.493. The molecule has 0 saturated heterocycles. The molecule has 0 saturated carbocycles. The molecule has 2 rings (SSSR count). The highest BCUT2D eigenvalue weighted by Gasteiger charge is 2.32. The average molecular weight is 391 g/mol. The number of amides is 1. The fourth-order valence-electron chi connectivity index (χ4n) is 3.00. The number of carbonyl (C=O) groups excluding carboxylic acids is 1. The highest BCUT2D eigenvalue weighted by Crippen LogP contribution is 2.27. The van der Waals surface area contributed by atoms with Crippen LogP contribution in [-0.2, 0) is 20.5 Å². The Balaban J connectivity index is 2.11. The molecule has 28 heavy (non-hydrogen) atoms. The largest absolute Gasteiger partial charge is 0.498 e. The zero-order chi connectivity index (χ0) is 20.9. The first kappa shape index (κ1) is 22.6. The Morgan fingerprint density at radius 2 is 1.86 bits per heavy atom. The van der Waals surface area contributed by atoms with E-state index in [0.29, 0.717) is 6.54 Å². The number of alkyl carbamates (subject to hydrolysis) is 1. The molecule has 1 N–H and O–H groups in total. The molecule has 0 fully saturated rings. The Hall–Kier alpha value is -1.73. The number of nitrogens with one attached hydrogen (secondary N) is 1. The molecular formula is C21H34BNO5. The van der Waals surface area contributed by atoms with Crippen molar-refractivity contribution < 1.29 is 23.6 Å². The Morgan fingerprint density at radius 3 is 2.43 bits per heavy atom. The minimum absolute atomic E-state index is 0.0211. The highest BCUT2D eigenvalue weighted by atomic mass is 16.6. The van der Waals surface area contributed by atoms with Crippen LogP contribution in [0.1, 0.15) is 60.5 Å². The minimum Gasteiger partial charge on any atom is -0.489 e. The van der Waals surface area contributed by atoms with Crippen molar-refractivity contribution in [1.82, 2.24) is 5.32 Å². The maximum atomic E-state index is 11.9. The fourth-order valence-corrected chi connectivity index (χ4v) is 3.00. The van der Waals surface area contributed by atoms with Crippen LogP contribution < -0.4 is 15.5 Å². The Labute approximate surface area is 169 Å². The third kappa shape index (κ3) is 7.02. The van der Waals surface area contributed by atoms with Crippen LogP contribution in [0.15, 0.2) is 18.2 Å². The molecular weight excluding hydrogens is 357 g/mol. The van der Waals surface area contributed by atoms with Crippen LogP contribution in [-0.4, -0.2) is 43.7 Å². The lowest BCUT2D eigenvalue weighted by Gasteiger charge is -2.30. The quantitative estimate of drug-likeness (QED) is 0.722. The second-order valence-corrected chi connectivity index (χ2v) is 8.70. The van der Waals surface area contributed by atoms with Crippen molar-refractivity contribution >= 4 is 18.7 Å². The van der Waals surface area contributed by atoms with E-state index in [1.54, 1.807) is 0 Å². The van der Waals surface area contributed by atoms with E-state index in [2.05, 4.69) is 11.4 Å². The number of para-hydroxylation sites is 1. The molecule has 156 valence electrons. The van der Waals surface area contributed by atoms with Gasteiger partial charge in [0.2, 0.25) is 0 Å². The van der Waals surface area contributed by atoms with Crippen LogP contribution in [0, 0.1) is 0 Å². The van der Waals surface area contributed by atoms with Crippen molar-refractivity contribution in [2.24, 2.45) is 0 Å². The highest BCUT2D eigenvalue weighted by molar-refractivity contribution is 6.62. The molecule has 6 nitrogen and oxygen atoms in total. The van der Waals surface area contributed by atoms with Crippen molar-refractivity contribution in [3.63, 3.8) is 0 Å². The molecule has 1 aliphatic heterocycles. The second-order valence-electron chi connectivity index (χ2n) is 8.70. The number of aryl methyl sites for hydroxylation is 1. The molecule has 0 radical (unpaired) electrons.